The minimum Gasteiger partial charge on any atom is -0.474 e. The van der Waals surface area contributed by atoms with Crippen LogP contribution in [0, 0.1) is 0 Å². The summed E-state index contributed by atoms with van der Waals surface area (Å²) in [7, 11) is 0. The number of pyridine rings is 1. The van der Waals surface area contributed by atoms with E-state index >= 15 is 4.79 Å². The number of piperazine rings is 1. The predicted octanol–water partition coefficient (Wildman–Crippen LogP) is 6.53. The van der Waals surface area contributed by atoms with Gasteiger partial charge >= 0.3 is 12.4 Å². The normalized spacial score (nSPS) is 22.1. The number of alkyl halides is 6. The smallest absolute Gasteiger partial charge is 0.425 e. The van der Waals surface area contributed by atoms with Crippen LogP contribution in [0.5, 0.6) is 5.75 Å². The number of halogens is 7. The second-order valence-corrected chi connectivity index (χ2v) is 14.8. The SMILES string of the molecule is CCC[C@H]1N(C(=O)c2ncccc2C(F)(F)F)CCC[C@]1(Oc1csc(C(F)(F)F)c1)C(=O)N1CCc2cc(Cl)ccc2C1CC(=O)N1CCNC(=O)C1. The molecular weight excluding hydrogens is 764 g/mol. The number of hydrogen-bond acceptors (Lipinski definition) is 7. The summed E-state index contributed by atoms with van der Waals surface area (Å²) < 4.78 is 90.2. The van der Waals surface area contributed by atoms with Crippen LogP contribution in [0.3, 0.4) is 0 Å². The first-order chi connectivity index (χ1) is 25.5. The van der Waals surface area contributed by atoms with Crippen molar-refractivity contribution in [2.75, 3.05) is 32.7 Å². The minimum atomic E-state index is -4.94. The molecule has 54 heavy (non-hydrogen) atoms. The summed E-state index contributed by atoms with van der Waals surface area (Å²) in [6.45, 7) is 1.93. The van der Waals surface area contributed by atoms with Crippen LogP contribution in [0.1, 0.15) is 77.1 Å². The molecular formula is C36H36ClF6N5O5S. The fourth-order valence-corrected chi connectivity index (χ4v) is 8.48. The Kier molecular flexibility index (Phi) is 11.2. The number of hydrogen-bond donors (Lipinski definition) is 1. The molecule has 3 aliphatic rings. The molecule has 4 amide bonds. The van der Waals surface area contributed by atoms with E-state index in [2.05, 4.69) is 10.3 Å². The summed E-state index contributed by atoms with van der Waals surface area (Å²) in [4.78, 5) is 62.2. The van der Waals surface area contributed by atoms with Crippen molar-refractivity contribution in [2.24, 2.45) is 0 Å². The zero-order chi connectivity index (χ0) is 39.0. The Balaban J connectivity index is 1.46. The van der Waals surface area contributed by atoms with Gasteiger partial charge in [0.25, 0.3) is 11.8 Å². The Morgan fingerprint density at radius 1 is 1.06 bits per heavy atom. The van der Waals surface area contributed by atoms with Crippen molar-refractivity contribution in [1.82, 2.24) is 25.0 Å². The number of amides is 4. The second-order valence-electron chi connectivity index (χ2n) is 13.4. The maximum absolute atomic E-state index is 15.4. The molecule has 3 aromatic rings. The number of nitrogens with zero attached hydrogens (tertiary/aromatic N) is 4. The zero-order valence-electron chi connectivity index (χ0n) is 28.9. The van der Waals surface area contributed by atoms with Crippen LogP contribution in [-0.4, -0.2) is 87.7 Å². The van der Waals surface area contributed by atoms with E-state index in [1.807, 2.05) is 0 Å². The first-order valence-corrected chi connectivity index (χ1v) is 18.6. The predicted molar refractivity (Wildman–Crippen MR) is 185 cm³/mol. The lowest BCUT2D eigenvalue weighted by Crippen LogP contribution is -2.68. The first-order valence-electron chi connectivity index (χ1n) is 17.3. The van der Waals surface area contributed by atoms with Gasteiger partial charge in [-0.1, -0.05) is 31.0 Å². The van der Waals surface area contributed by atoms with E-state index < -0.39 is 63.9 Å². The van der Waals surface area contributed by atoms with Crippen LogP contribution >= 0.6 is 22.9 Å². The van der Waals surface area contributed by atoms with Crippen molar-refractivity contribution in [3.05, 3.63) is 80.3 Å². The van der Waals surface area contributed by atoms with Crippen molar-refractivity contribution >= 4 is 46.6 Å². The van der Waals surface area contributed by atoms with E-state index in [4.69, 9.17) is 16.3 Å². The lowest BCUT2D eigenvalue weighted by atomic mass is 9.78. The van der Waals surface area contributed by atoms with Crippen molar-refractivity contribution in [1.29, 1.82) is 0 Å². The quantitative estimate of drug-likeness (QED) is 0.260. The molecule has 2 fully saturated rings. The first kappa shape index (κ1) is 39.3. The molecule has 0 radical (unpaired) electrons. The van der Waals surface area contributed by atoms with Gasteiger partial charge in [-0.2, -0.15) is 26.3 Å². The Morgan fingerprint density at radius 3 is 2.52 bits per heavy atom. The van der Waals surface area contributed by atoms with Gasteiger partial charge < -0.3 is 24.8 Å². The summed E-state index contributed by atoms with van der Waals surface area (Å²) in [5, 5.41) is 4.17. The van der Waals surface area contributed by atoms with Crippen molar-refractivity contribution in [2.45, 2.75) is 75.5 Å². The molecule has 1 unspecified atom stereocenters. The minimum absolute atomic E-state index is 0.0123. The fourth-order valence-electron chi connectivity index (χ4n) is 7.61. The van der Waals surface area contributed by atoms with Gasteiger partial charge in [0.15, 0.2) is 0 Å². The Labute approximate surface area is 315 Å². The van der Waals surface area contributed by atoms with E-state index in [0.717, 1.165) is 40.2 Å². The van der Waals surface area contributed by atoms with E-state index in [9.17, 15) is 40.7 Å². The van der Waals surface area contributed by atoms with Gasteiger partial charge in [-0.05, 0) is 54.7 Å². The number of fused-ring (bicyclic) bond motifs is 1. The highest BCUT2D eigenvalue weighted by molar-refractivity contribution is 7.10. The number of ether oxygens (including phenoxy) is 1. The van der Waals surface area contributed by atoms with Gasteiger partial charge in [-0.15, -0.1) is 11.3 Å². The van der Waals surface area contributed by atoms with Crippen LogP contribution in [-0.2, 0) is 33.2 Å². The number of carbonyl (C=O) groups is 4. The highest BCUT2D eigenvalue weighted by Crippen LogP contribution is 2.45. The largest absolute Gasteiger partial charge is 0.474 e. The number of aromatic nitrogens is 1. The van der Waals surface area contributed by atoms with Crippen molar-refractivity contribution < 1.29 is 50.3 Å². The molecule has 0 spiro atoms. The van der Waals surface area contributed by atoms with Gasteiger partial charge in [0.2, 0.25) is 17.4 Å². The maximum atomic E-state index is 15.4. The number of nitrogens with one attached hydrogen (secondary N) is 1. The zero-order valence-corrected chi connectivity index (χ0v) is 30.5. The van der Waals surface area contributed by atoms with Gasteiger partial charge in [-0.25, -0.2) is 0 Å². The van der Waals surface area contributed by atoms with E-state index in [1.165, 1.54) is 9.80 Å². The van der Waals surface area contributed by atoms with Gasteiger partial charge in [-0.3, -0.25) is 24.2 Å². The summed E-state index contributed by atoms with van der Waals surface area (Å²) in [6.07, 6.45) is -8.37. The third-order valence-electron chi connectivity index (χ3n) is 10.00. The number of rotatable bonds is 8. The second kappa shape index (κ2) is 15.4. The Bertz CT molecular complexity index is 1920. The molecule has 18 heteroatoms. The van der Waals surface area contributed by atoms with Gasteiger partial charge in [0.05, 0.1) is 30.6 Å². The van der Waals surface area contributed by atoms with Gasteiger partial charge in [0.1, 0.15) is 16.3 Å². The molecule has 1 N–H and O–H groups in total. The van der Waals surface area contributed by atoms with Crippen molar-refractivity contribution in [3.8, 4) is 5.75 Å². The topological polar surface area (TPSA) is 112 Å². The molecule has 3 aliphatic heterocycles. The Morgan fingerprint density at radius 2 is 1.83 bits per heavy atom. The molecule has 0 aliphatic carbocycles. The van der Waals surface area contributed by atoms with Gasteiger partial charge in [0, 0.05) is 55.3 Å². The third-order valence-corrected chi connectivity index (χ3v) is 11.2. The molecule has 0 bridgehead atoms. The lowest BCUT2D eigenvalue weighted by Gasteiger charge is -2.51. The molecule has 290 valence electrons. The standard InChI is InChI=1S/C36H36ClF6N5O5S/c1-2-5-27-34(53-23-17-28(54-20-23)36(41,42)43,10-4-13-48(27)32(51)31-25(35(38,39)40)6-3-11-45-31)33(52)47-14-9-21-16-22(37)7-8-24(21)26(47)18-30(50)46-15-12-44-29(49)19-46/h3,6-8,11,16-17,20,26-27H,2,4-5,9-10,12-15,18-19H2,1H3,(H,44,49)/t26?,27-,34-/m1/s1. The number of likely N-dealkylation sites (tertiary alicyclic amines) is 1. The van der Waals surface area contributed by atoms with E-state index in [-0.39, 0.29) is 76.5 Å². The molecule has 6 rings (SSSR count). The number of carbonyl (C=O) groups excluding carboxylic acids is 4. The van der Waals surface area contributed by atoms with E-state index in [0.29, 0.717) is 28.3 Å². The third kappa shape index (κ3) is 7.88. The highest BCUT2D eigenvalue weighted by atomic mass is 35.5. The molecule has 0 saturated carbocycles. The van der Waals surface area contributed by atoms with Crippen molar-refractivity contribution in [3.63, 3.8) is 0 Å². The molecule has 10 nitrogen and oxygen atoms in total. The monoisotopic (exact) mass is 799 g/mol. The molecule has 3 atom stereocenters. The maximum Gasteiger partial charge on any atom is 0.425 e. The molecule has 2 aromatic heterocycles. The number of benzene rings is 1. The van der Waals surface area contributed by atoms with E-state index in [1.54, 1.807) is 25.1 Å². The Hall–Kier alpha value is -4.38. The average molecular weight is 800 g/mol. The van der Waals surface area contributed by atoms with Crippen LogP contribution in [0.4, 0.5) is 26.3 Å². The van der Waals surface area contributed by atoms with Crippen LogP contribution in [0.15, 0.2) is 48.0 Å². The summed E-state index contributed by atoms with van der Waals surface area (Å²) in [5.41, 5.74) is -2.93. The summed E-state index contributed by atoms with van der Waals surface area (Å²) in [5.74, 6) is -2.95. The molecule has 5 heterocycles. The summed E-state index contributed by atoms with van der Waals surface area (Å²) >= 11 is 6.66. The van der Waals surface area contributed by atoms with Crippen LogP contribution < -0.4 is 10.1 Å². The van der Waals surface area contributed by atoms with Crippen LogP contribution in [0.2, 0.25) is 5.02 Å². The average Bonchev–Trinajstić information content (AvgIpc) is 3.61. The molecule has 1 aromatic carbocycles. The fraction of sp³-hybridized carbons (Fsp3) is 0.472. The van der Waals surface area contributed by atoms with Crippen LogP contribution in [0.25, 0.3) is 0 Å². The molecule has 2 saturated heterocycles. The number of piperidine rings is 1. The summed E-state index contributed by atoms with van der Waals surface area (Å²) in [6, 6.07) is 5.30. The number of thiophene rings is 1. The highest BCUT2D eigenvalue weighted by Gasteiger charge is 2.57. The lowest BCUT2D eigenvalue weighted by molar-refractivity contribution is -0.163.